The Morgan fingerprint density at radius 3 is 1.39 bits per heavy atom. The normalized spacial score (nSPS) is 16.2. The van der Waals surface area contributed by atoms with E-state index in [1.165, 1.54) is 18.2 Å². The zero-order valence-corrected chi connectivity index (χ0v) is 15.1. The molecule has 0 nitrogen and oxygen atoms in total. The topological polar surface area (TPSA) is 0 Å². The molecule has 1 aromatic rings. The van der Waals surface area contributed by atoms with E-state index in [0.29, 0.717) is 0 Å². The van der Waals surface area contributed by atoms with E-state index in [9.17, 15) is 57.1 Å². The molecule has 0 aliphatic carbocycles. The van der Waals surface area contributed by atoms with E-state index in [-0.39, 0.29) is 5.56 Å². The van der Waals surface area contributed by atoms with Crippen LogP contribution in [0.15, 0.2) is 30.3 Å². The molecule has 0 spiro atoms. The first-order chi connectivity index (χ1) is 12.2. The number of halogens is 14. The van der Waals surface area contributed by atoms with E-state index in [4.69, 9.17) is 0 Å². The highest BCUT2D eigenvalue weighted by atomic mass is 127. The Kier molecular flexibility index (Phi) is 6.61. The number of alkyl halides is 14. The second kappa shape index (κ2) is 7.38. The highest BCUT2D eigenvalue weighted by Crippen LogP contribution is 2.61. The van der Waals surface area contributed by atoms with Gasteiger partial charge < -0.3 is 0 Å². The summed E-state index contributed by atoms with van der Waals surface area (Å²) in [5.41, 5.74) is -0.130. The minimum Gasteiger partial charge on any atom is -0.200 e. The van der Waals surface area contributed by atoms with Crippen molar-refractivity contribution in [2.75, 3.05) is 0 Å². The van der Waals surface area contributed by atoms with Crippen LogP contribution in [0, 0.1) is 0 Å². The fourth-order valence-corrected chi connectivity index (χ4v) is 2.90. The van der Waals surface area contributed by atoms with Crippen molar-refractivity contribution >= 4 is 22.6 Å². The third kappa shape index (κ3) is 3.88. The van der Waals surface area contributed by atoms with Crippen molar-refractivity contribution in [1.29, 1.82) is 0 Å². The van der Waals surface area contributed by atoms with Gasteiger partial charge in [0.25, 0.3) is 0 Å². The summed E-state index contributed by atoms with van der Waals surface area (Å²) in [6.45, 7) is 0. The molecule has 0 fully saturated rings. The Morgan fingerprint density at radius 1 is 0.607 bits per heavy atom. The van der Waals surface area contributed by atoms with Crippen LogP contribution in [-0.4, -0.2) is 35.8 Å². The lowest BCUT2D eigenvalue weighted by Gasteiger charge is -2.40. The van der Waals surface area contributed by atoms with Gasteiger partial charge >= 0.3 is 35.8 Å². The van der Waals surface area contributed by atoms with Crippen LogP contribution >= 0.6 is 22.6 Å². The van der Waals surface area contributed by atoms with Gasteiger partial charge in [-0.3, -0.25) is 0 Å². The number of benzene rings is 1. The molecule has 1 aromatic carbocycles. The van der Waals surface area contributed by atoms with Crippen molar-refractivity contribution in [3.05, 3.63) is 35.9 Å². The minimum atomic E-state index is -7.86. The van der Waals surface area contributed by atoms with Crippen molar-refractivity contribution in [3.63, 3.8) is 0 Å². The van der Waals surface area contributed by atoms with Crippen LogP contribution in [0.25, 0.3) is 0 Å². The molecule has 0 aromatic heterocycles. The maximum absolute atomic E-state index is 13.8. The lowest BCUT2D eigenvalue weighted by molar-refractivity contribution is -0.440. The quantitative estimate of drug-likeness (QED) is 0.190. The SMILES string of the molecule is FC(F)(F)C(F)(F)C(F)(F)C(F)(F)C(F)(F)C(F)(F)CC(I)c1ccccc1. The van der Waals surface area contributed by atoms with Crippen LogP contribution in [0.1, 0.15) is 15.9 Å². The molecule has 1 atom stereocenters. The number of hydrogen-bond acceptors (Lipinski definition) is 0. The fourth-order valence-electron chi connectivity index (χ4n) is 1.94. The molecule has 162 valence electrons. The average molecular weight is 550 g/mol. The van der Waals surface area contributed by atoms with E-state index < -0.39 is 46.1 Å². The Labute approximate surface area is 162 Å². The molecule has 0 radical (unpaired) electrons. The van der Waals surface area contributed by atoms with Gasteiger partial charge in [-0.25, -0.2) is 0 Å². The predicted molar refractivity (Wildman–Crippen MR) is 78.6 cm³/mol. The Bertz CT molecular complexity index is 666. The lowest BCUT2D eigenvalue weighted by atomic mass is 9.91. The maximum Gasteiger partial charge on any atom is 0.460 e. The van der Waals surface area contributed by atoms with Crippen molar-refractivity contribution in [2.24, 2.45) is 0 Å². The predicted octanol–water partition coefficient (Wildman–Crippen LogP) is 7.29. The summed E-state index contributed by atoms with van der Waals surface area (Å²) in [5.74, 6) is -36.6. The number of rotatable bonds is 7. The Hall–Kier alpha value is -0.960. The van der Waals surface area contributed by atoms with Gasteiger partial charge in [0.15, 0.2) is 0 Å². The highest BCUT2D eigenvalue weighted by Gasteiger charge is 2.90. The van der Waals surface area contributed by atoms with Crippen LogP contribution in [-0.2, 0) is 0 Å². The van der Waals surface area contributed by atoms with Gasteiger partial charge in [0, 0.05) is 10.3 Å². The zero-order chi connectivity index (χ0) is 22.4. The Balaban J connectivity index is 3.33. The van der Waals surface area contributed by atoms with Crippen LogP contribution < -0.4 is 0 Å². The first-order valence-corrected chi connectivity index (χ1v) is 8.13. The molecule has 0 amide bonds. The van der Waals surface area contributed by atoms with Crippen LogP contribution in [0.4, 0.5) is 57.1 Å². The molecule has 0 heterocycles. The Morgan fingerprint density at radius 2 is 1.00 bits per heavy atom. The first-order valence-electron chi connectivity index (χ1n) is 6.89. The molecule has 14 heteroatoms. The molecule has 0 saturated carbocycles. The van der Waals surface area contributed by atoms with E-state index >= 15 is 0 Å². The summed E-state index contributed by atoms with van der Waals surface area (Å²) >= 11 is 1.08. The molecule has 1 rings (SSSR count). The summed E-state index contributed by atoms with van der Waals surface area (Å²) in [6, 6.07) is 6.03. The summed E-state index contributed by atoms with van der Waals surface area (Å²) in [5, 5.41) is 0. The molecule has 0 bridgehead atoms. The standard InChI is InChI=1S/C14H8F13I/c15-9(16,6-8(28)7-4-2-1-3-5-7)10(17,18)11(19,20)12(21,22)13(23,24)14(25,26)27/h1-5,8H,6H2. The van der Waals surface area contributed by atoms with Gasteiger partial charge in [-0.2, -0.15) is 57.1 Å². The second-order valence-electron chi connectivity index (χ2n) is 5.58. The van der Waals surface area contributed by atoms with Crippen LogP contribution in [0.3, 0.4) is 0 Å². The lowest BCUT2D eigenvalue weighted by Crippen LogP contribution is -2.70. The van der Waals surface area contributed by atoms with E-state index in [1.807, 2.05) is 0 Å². The molecular formula is C14H8F13I. The first kappa shape index (κ1) is 25.1. The van der Waals surface area contributed by atoms with E-state index in [1.54, 1.807) is 0 Å². The van der Waals surface area contributed by atoms with E-state index in [0.717, 1.165) is 34.7 Å². The van der Waals surface area contributed by atoms with Gasteiger partial charge in [0.2, 0.25) is 0 Å². The van der Waals surface area contributed by atoms with Gasteiger partial charge in [-0.1, -0.05) is 52.9 Å². The van der Waals surface area contributed by atoms with Gasteiger partial charge in [0.05, 0.1) is 0 Å². The van der Waals surface area contributed by atoms with Gasteiger partial charge in [-0.15, -0.1) is 0 Å². The molecule has 28 heavy (non-hydrogen) atoms. The van der Waals surface area contributed by atoms with E-state index in [2.05, 4.69) is 0 Å². The van der Waals surface area contributed by atoms with Crippen LogP contribution in [0.5, 0.6) is 0 Å². The van der Waals surface area contributed by atoms with Crippen molar-refractivity contribution in [2.45, 2.75) is 46.1 Å². The third-order valence-corrected chi connectivity index (χ3v) is 4.75. The average Bonchev–Trinajstić information content (AvgIpc) is 2.53. The second-order valence-corrected chi connectivity index (χ2v) is 7.09. The maximum atomic E-state index is 13.8. The molecule has 1 unspecified atom stereocenters. The zero-order valence-electron chi connectivity index (χ0n) is 13.0. The number of hydrogen-bond donors (Lipinski definition) is 0. The molecular weight excluding hydrogens is 542 g/mol. The van der Waals surface area contributed by atoms with Crippen LogP contribution in [0.2, 0.25) is 0 Å². The van der Waals surface area contributed by atoms with Gasteiger partial charge in [-0.05, 0) is 5.56 Å². The molecule has 0 aliphatic rings. The molecule has 0 saturated heterocycles. The molecule has 0 N–H and O–H groups in total. The summed E-state index contributed by atoms with van der Waals surface area (Å²) in [6.07, 6.45) is -9.64. The minimum absolute atomic E-state index is 0.130. The smallest absolute Gasteiger partial charge is 0.200 e. The van der Waals surface area contributed by atoms with Crippen molar-refractivity contribution in [1.82, 2.24) is 0 Å². The fraction of sp³-hybridized carbons (Fsp3) is 0.571. The summed E-state index contributed by atoms with van der Waals surface area (Å²) < 4.78 is 167. The van der Waals surface area contributed by atoms with Gasteiger partial charge in [0.1, 0.15) is 0 Å². The summed E-state index contributed by atoms with van der Waals surface area (Å²) in [4.78, 5) is 0. The highest BCUT2D eigenvalue weighted by molar-refractivity contribution is 14.1. The van der Waals surface area contributed by atoms with Crippen molar-refractivity contribution in [3.8, 4) is 0 Å². The summed E-state index contributed by atoms with van der Waals surface area (Å²) in [7, 11) is 0. The van der Waals surface area contributed by atoms with Crippen molar-refractivity contribution < 1.29 is 57.1 Å². The third-order valence-electron chi connectivity index (χ3n) is 3.60. The largest absolute Gasteiger partial charge is 0.460 e. The monoisotopic (exact) mass is 550 g/mol. The molecule has 0 aliphatic heterocycles.